The van der Waals surface area contributed by atoms with Crippen LogP contribution in [0.4, 0.5) is 17.1 Å². The van der Waals surface area contributed by atoms with Gasteiger partial charge in [-0.15, -0.1) is 0 Å². The molecule has 282 valence electrons. The lowest BCUT2D eigenvalue weighted by Crippen LogP contribution is -2.14. The van der Waals surface area contributed by atoms with Crippen molar-refractivity contribution in [1.82, 2.24) is 0 Å². The van der Waals surface area contributed by atoms with E-state index in [1.54, 1.807) is 0 Å². The van der Waals surface area contributed by atoms with Gasteiger partial charge in [-0.3, -0.25) is 0 Å². The van der Waals surface area contributed by atoms with Crippen molar-refractivity contribution >= 4 is 70.9 Å². The molecule has 12 rings (SSSR count). The quantitative estimate of drug-likeness (QED) is 0.158. The summed E-state index contributed by atoms with van der Waals surface area (Å²) in [5, 5.41) is 12.5. The third kappa shape index (κ3) is 5.19. The van der Waals surface area contributed by atoms with Crippen LogP contribution in [0.1, 0.15) is 25.0 Å². The molecular weight excluding hydrogens is 723 g/mol. The fourth-order valence-corrected chi connectivity index (χ4v) is 10.3. The highest BCUT2D eigenvalue weighted by Gasteiger charge is 2.35. The predicted molar refractivity (Wildman–Crippen MR) is 257 cm³/mol. The Kier molecular flexibility index (Phi) is 7.65. The Morgan fingerprint density at radius 1 is 0.300 bits per heavy atom. The Morgan fingerprint density at radius 2 is 0.750 bits per heavy atom. The van der Waals surface area contributed by atoms with Gasteiger partial charge in [-0.05, 0) is 130 Å². The van der Waals surface area contributed by atoms with Crippen molar-refractivity contribution in [3.8, 4) is 33.4 Å². The van der Waals surface area contributed by atoms with E-state index >= 15 is 0 Å². The minimum atomic E-state index is -0.0230. The van der Waals surface area contributed by atoms with Gasteiger partial charge in [-0.2, -0.15) is 0 Å². The second-order valence-electron chi connectivity index (χ2n) is 16.8. The molecule has 0 aromatic heterocycles. The zero-order valence-corrected chi connectivity index (χ0v) is 33.7. The molecule has 0 spiro atoms. The molecule has 0 N–H and O–H groups in total. The van der Waals surface area contributed by atoms with Gasteiger partial charge in [0.1, 0.15) is 0 Å². The van der Waals surface area contributed by atoms with Gasteiger partial charge in [0.05, 0.1) is 11.4 Å². The van der Waals surface area contributed by atoms with Crippen LogP contribution >= 0.6 is 0 Å². The molecular formula is C59H41N. The van der Waals surface area contributed by atoms with Gasteiger partial charge in [0, 0.05) is 21.9 Å². The summed E-state index contributed by atoms with van der Waals surface area (Å²) in [6.45, 7) is 4.71. The second-order valence-corrected chi connectivity index (χ2v) is 16.8. The SMILES string of the molecule is CC1(C)c2ccccc2-c2cc(-c3cc4c5ccccc5c(-c5ccc(N(c6cccc7ccccc67)c6cccc7ccccc67)cc5)cc4c4ccccc34)ccc21. The fraction of sp³-hybridized carbons (Fsp3) is 0.0508. The van der Waals surface area contributed by atoms with E-state index in [0.717, 1.165) is 17.1 Å². The lowest BCUT2D eigenvalue weighted by atomic mass is 9.82. The highest BCUT2D eigenvalue weighted by Crippen LogP contribution is 2.51. The Hall–Kier alpha value is -7.48. The maximum Gasteiger partial charge on any atom is 0.0540 e. The number of benzene rings is 11. The summed E-state index contributed by atoms with van der Waals surface area (Å²) in [4.78, 5) is 2.43. The molecule has 1 nitrogen and oxygen atoms in total. The fourth-order valence-electron chi connectivity index (χ4n) is 10.3. The van der Waals surface area contributed by atoms with Crippen LogP contribution in [0.3, 0.4) is 0 Å². The number of hydrogen-bond donors (Lipinski definition) is 0. The van der Waals surface area contributed by atoms with Gasteiger partial charge >= 0.3 is 0 Å². The summed E-state index contributed by atoms with van der Waals surface area (Å²) in [6.07, 6.45) is 0. The minimum Gasteiger partial charge on any atom is -0.309 e. The molecule has 1 aliphatic carbocycles. The number of anilines is 3. The van der Waals surface area contributed by atoms with Crippen LogP contribution in [0, 0.1) is 0 Å². The molecule has 1 heteroatoms. The zero-order chi connectivity index (χ0) is 40.0. The molecule has 0 radical (unpaired) electrons. The van der Waals surface area contributed by atoms with Crippen LogP contribution in [-0.2, 0) is 5.41 Å². The largest absolute Gasteiger partial charge is 0.309 e. The van der Waals surface area contributed by atoms with E-state index in [9.17, 15) is 0 Å². The number of nitrogens with zero attached hydrogens (tertiary/aromatic N) is 1. The van der Waals surface area contributed by atoms with Crippen molar-refractivity contribution in [3.63, 3.8) is 0 Å². The molecule has 0 unspecified atom stereocenters. The van der Waals surface area contributed by atoms with E-state index in [0.29, 0.717) is 0 Å². The summed E-state index contributed by atoms with van der Waals surface area (Å²) in [7, 11) is 0. The van der Waals surface area contributed by atoms with Gasteiger partial charge < -0.3 is 4.90 Å². The smallest absolute Gasteiger partial charge is 0.0540 e. The first-order valence-corrected chi connectivity index (χ1v) is 21.0. The topological polar surface area (TPSA) is 3.24 Å². The van der Waals surface area contributed by atoms with E-state index in [4.69, 9.17) is 0 Å². The van der Waals surface area contributed by atoms with Gasteiger partial charge in [0.2, 0.25) is 0 Å². The molecule has 0 heterocycles. The third-order valence-corrected chi connectivity index (χ3v) is 13.2. The van der Waals surface area contributed by atoms with Gasteiger partial charge in [-0.1, -0.05) is 184 Å². The van der Waals surface area contributed by atoms with Crippen LogP contribution in [0.25, 0.3) is 87.2 Å². The van der Waals surface area contributed by atoms with Gasteiger partial charge in [0.15, 0.2) is 0 Å². The van der Waals surface area contributed by atoms with Crippen molar-refractivity contribution < 1.29 is 0 Å². The Bertz CT molecular complexity index is 3430. The molecule has 0 saturated carbocycles. The third-order valence-electron chi connectivity index (χ3n) is 13.2. The standard InChI is InChI=1S/C59H41N/c1-59(2)55-26-12-11-25-49(55)54-35-41(31-34-56(54)59)51-37-53-47-23-9-7-21-45(47)50(36-52(53)48-24-10-8-22-46(48)51)40-29-32-42(33-30-40)60(57-27-13-17-38-15-3-5-19-43(38)57)58-28-14-18-39-16-4-6-20-44(39)58/h3-37H,1-2H3. The van der Waals surface area contributed by atoms with Crippen molar-refractivity contribution in [3.05, 3.63) is 223 Å². The maximum atomic E-state index is 2.45. The first kappa shape index (κ1) is 34.6. The van der Waals surface area contributed by atoms with Crippen LogP contribution < -0.4 is 4.90 Å². The van der Waals surface area contributed by atoms with E-state index in [1.165, 1.54) is 98.4 Å². The summed E-state index contributed by atoms with van der Waals surface area (Å²) >= 11 is 0. The number of fused-ring (bicyclic) bond motifs is 10. The van der Waals surface area contributed by atoms with E-state index in [2.05, 4.69) is 231 Å². The van der Waals surface area contributed by atoms with E-state index in [-0.39, 0.29) is 5.41 Å². The van der Waals surface area contributed by atoms with Crippen LogP contribution in [-0.4, -0.2) is 0 Å². The molecule has 0 saturated heterocycles. The summed E-state index contributed by atoms with van der Waals surface area (Å²) < 4.78 is 0. The Labute approximate surface area is 350 Å². The normalized spacial score (nSPS) is 13.0. The van der Waals surface area contributed by atoms with Crippen LogP contribution in [0.5, 0.6) is 0 Å². The van der Waals surface area contributed by atoms with E-state index in [1.807, 2.05) is 0 Å². The highest BCUT2D eigenvalue weighted by molar-refractivity contribution is 6.24. The molecule has 1 aliphatic rings. The summed E-state index contributed by atoms with van der Waals surface area (Å²) in [5.41, 5.74) is 13.9. The number of rotatable bonds is 5. The van der Waals surface area contributed by atoms with Crippen molar-refractivity contribution in [1.29, 1.82) is 0 Å². The molecule has 0 aliphatic heterocycles. The molecule has 0 bridgehead atoms. The molecule has 60 heavy (non-hydrogen) atoms. The molecule has 0 atom stereocenters. The second kappa shape index (κ2) is 13.3. The lowest BCUT2D eigenvalue weighted by molar-refractivity contribution is 0.660. The van der Waals surface area contributed by atoms with Crippen LogP contribution in [0.2, 0.25) is 0 Å². The summed E-state index contributed by atoms with van der Waals surface area (Å²) in [5.74, 6) is 0. The monoisotopic (exact) mass is 763 g/mol. The molecule has 11 aromatic rings. The Morgan fingerprint density at radius 3 is 1.35 bits per heavy atom. The van der Waals surface area contributed by atoms with Crippen molar-refractivity contribution in [2.24, 2.45) is 0 Å². The minimum absolute atomic E-state index is 0.0230. The summed E-state index contributed by atoms with van der Waals surface area (Å²) in [6, 6.07) is 78.7. The average molecular weight is 764 g/mol. The van der Waals surface area contributed by atoms with Gasteiger partial charge in [0.25, 0.3) is 0 Å². The Balaban J connectivity index is 1.03. The first-order valence-electron chi connectivity index (χ1n) is 21.0. The van der Waals surface area contributed by atoms with Crippen molar-refractivity contribution in [2.45, 2.75) is 19.3 Å². The maximum absolute atomic E-state index is 2.45. The van der Waals surface area contributed by atoms with Crippen LogP contribution in [0.15, 0.2) is 212 Å². The van der Waals surface area contributed by atoms with Crippen molar-refractivity contribution in [2.75, 3.05) is 4.90 Å². The first-order chi connectivity index (χ1) is 29.5. The molecule has 0 amide bonds. The lowest BCUT2D eigenvalue weighted by Gasteiger charge is -2.28. The zero-order valence-electron chi connectivity index (χ0n) is 33.7. The highest BCUT2D eigenvalue weighted by atomic mass is 15.1. The molecule has 11 aromatic carbocycles. The van der Waals surface area contributed by atoms with Gasteiger partial charge in [-0.25, -0.2) is 0 Å². The number of hydrogen-bond acceptors (Lipinski definition) is 1. The van der Waals surface area contributed by atoms with E-state index < -0.39 is 0 Å². The molecule has 0 fully saturated rings. The average Bonchev–Trinajstić information content (AvgIpc) is 3.54. The predicted octanol–water partition coefficient (Wildman–Crippen LogP) is 16.6.